The summed E-state index contributed by atoms with van der Waals surface area (Å²) in [6.45, 7) is 1.96. The third kappa shape index (κ3) is 3.80. The summed E-state index contributed by atoms with van der Waals surface area (Å²) >= 11 is 0. The lowest BCUT2D eigenvalue weighted by atomic mass is 10.1. The molecule has 0 aliphatic heterocycles. The highest BCUT2D eigenvalue weighted by atomic mass is 16.3. The number of H-pyrrole nitrogens is 2. The standard InChI is InChI=1S/C25H20N8O2/c1-2-3-22(34)29-16-6-15(8-26-9-16)19-7-17-20(12-28-19)32-33-24(17)25-30-21-11-27-10-18(23(21)31-25)14-4-5-35-13-14/h4-13H,2-3H2,1H3,(H,29,34)(H,30,31)(H,32,33). The highest BCUT2D eigenvalue weighted by Crippen LogP contribution is 2.32. The summed E-state index contributed by atoms with van der Waals surface area (Å²) in [7, 11) is 0. The number of furan rings is 1. The zero-order valence-corrected chi connectivity index (χ0v) is 18.7. The summed E-state index contributed by atoms with van der Waals surface area (Å²) in [5.74, 6) is 0.570. The van der Waals surface area contributed by atoms with Crippen LogP contribution in [-0.4, -0.2) is 41.0 Å². The summed E-state index contributed by atoms with van der Waals surface area (Å²) in [5, 5.41) is 11.3. The molecular formula is C25H20N8O2. The van der Waals surface area contributed by atoms with Crippen molar-refractivity contribution >= 4 is 33.5 Å². The lowest BCUT2D eigenvalue weighted by molar-refractivity contribution is -0.116. The highest BCUT2D eigenvalue weighted by molar-refractivity contribution is 5.97. The number of aromatic nitrogens is 7. The molecule has 6 rings (SSSR count). The fourth-order valence-electron chi connectivity index (χ4n) is 4.03. The largest absolute Gasteiger partial charge is 0.472 e. The summed E-state index contributed by atoms with van der Waals surface area (Å²) in [6, 6.07) is 5.67. The minimum Gasteiger partial charge on any atom is -0.472 e. The minimum atomic E-state index is -0.0406. The van der Waals surface area contributed by atoms with Gasteiger partial charge in [-0.1, -0.05) is 6.92 Å². The van der Waals surface area contributed by atoms with Gasteiger partial charge in [0.25, 0.3) is 0 Å². The molecule has 6 heterocycles. The van der Waals surface area contributed by atoms with E-state index in [1.165, 1.54) is 0 Å². The van der Waals surface area contributed by atoms with Crippen molar-refractivity contribution in [2.24, 2.45) is 0 Å². The van der Waals surface area contributed by atoms with E-state index in [-0.39, 0.29) is 5.91 Å². The fourth-order valence-corrected chi connectivity index (χ4v) is 4.03. The quantitative estimate of drug-likeness (QED) is 0.317. The van der Waals surface area contributed by atoms with E-state index in [0.717, 1.165) is 45.0 Å². The minimum absolute atomic E-state index is 0.0406. The van der Waals surface area contributed by atoms with E-state index in [4.69, 9.17) is 9.40 Å². The molecular weight excluding hydrogens is 444 g/mol. The van der Waals surface area contributed by atoms with Gasteiger partial charge in [0, 0.05) is 40.9 Å². The van der Waals surface area contributed by atoms with E-state index in [9.17, 15) is 4.79 Å². The number of amides is 1. The molecule has 6 aromatic heterocycles. The summed E-state index contributed by atoms with van der Waals surface area (Å²) in [5.41, 5.74) is 6.90. The molecule has 0 atom stereocenters. The van der Waals surface area contributed by atoms with Gasteiger partial charge in [0.15, 0.2) is 5.82 Å². The zero-order valence-electron chi connectivity index (χ0n) is 18.7. The maximum Gasteiger partial charge on any atom is 0.224 e. The third-order valence-corrected chi connectivity index (χ3v) is 5.69. The Labute approximate surface area is 198 Å². The van der Waals surface area contributed by atoms with Crippen molar-refractivity contribution in [1.82, 2.24) is 35.1 Å². The number of anilines is 1. The maximum absolute atomic E-state index is 12.0. The van der Waals surface area contributed by atoms with Crippen LogP contribution >= 0.6 is 0 Å². The number of hydrogen-bond acceptors (Lipinski definition) is 7. The monoisotopic (exact) mass is 464 g/mol. The van der Waals surface area contributed by atoms with Crippen LogP contribution in [0.25, 0.3) is 55.8 Å². The number of fused-ring (bicyclic) bond motifs is 2. The van der Waals surface area contributed by atoms with E-state index < -0.39 is 0 Å². The molecule has 10 nitrogen and oxygen atoms in total. The highest BCUT2D eigenvalue weighted by Gasteiger charge is 2.17. The lowest BCUT2D eigenvalue weighted by Gasteiger charge is -2.06. The Hall–Kier alpha value is -4.86. The number of nitrogens with zero attached hydrogens (tertiary/aromatic N) is 5. The van der Waals surface area contributed by atoms with Crippen molar-refractivity contribution in [3.63, 3.8) is 0 Å². The second-order valence-electron chi connectivity index (χ2n) is 8.13. The Morgan fingerprint density at radius 3 is 2.83 bits per heavy atom. The molecule has 0 fully saturated rings. The van der Waals surface area contributed by atoms with Gasteiger partial charge in [-0.2, -0.15) is 5.10 Å². The molecule has 0 spiro atoms. The molecule has 172 valence electrons. The van der Waals surface area contributed by atoms with Gasteiger partial charge in [-0.25, -0.2) is 4.98 Å². The Bertz CT molecular complexity index is 1670. The van der Waals surface area contributed by atoms with Crippen molar-refractivity contribution in [2.45, 2.75) is 19.8 Å². The van der Waals surface area contributed by atoms with Crippen LogP contribution in [0.2, 0.25) is 0 Å². The van der Waals surface area contributed by atoms with Gasteiger partial charge in [-0.15, -0.1) is 0 Å². The second kappa shape index (κ2) is 8.49. The summed E-state index contributed by atoms with van der Waals surface area (Å²) in [4.78, 5) is 33.3. The van der Waals surface area contributed by atoms with Gasteiger partial charge < -0.3 is 14.7 Å². The predicted molar refractivity (Wildman–Crippen MR) is 131 cm³/mol. The zero-order chi connectivity index (χ0) is 23.8. The molecule has 0 radical (unpaired) electrons. The number of pyridine rings is 3. The van der Waals surface area contributed by atoms with Gasteiger partial charge >= 0.3 is 0 Å². The molecule has 1 amide bonds. The Balaban J connectivity index is 1.40. The first-order valence-electron chi connectivity index (χ1n) is 11.2. The van der Waals surface area contributed by atoms with Crippen LogP contribution in [0.1, 0.15) is 19.8 Å². The molecule has 0 bridgehead atoms. The average Bonchev–Trinajstić information content (AvgIpc) is 3.63. The second-order valence-corrected chi connectivity index (χ2v) is 8.13. The first-order chi connectivity index (χ1) is 17.2. The number of carbonyl (C=O) groups excluding carboxylic acids is 1. The summed E-state index contributed by atoms with van der Waals surface area (Å²) in [6.07, 6.45) is 13.1. The molecule has 0 aliphatic rings. The number of hydrogen-bond donors (Lipinski definition) is 3. The smallest absolute Gasteiger partial charge is 0.224 e. The van der Waals surface area contributed by atoms with Crippen LogP contribution < -0.4 is 5.32 Å². The number of carbonyl (C=O) groups is 1. The molecule has 0 aromatic carbocycles. The van der Waals surface area contributed by atoms with Gasteiger partial charge in [-0.3, -0.25) is 24.8 Å². The van der Waals surface area contributed by atoms with Crippen LogP contribution in [0.3, 0.4) is 0 Å². The van der Waals surface area contributed by atoms with E-state index in [2.05, 4.69) is 35.5 Å². The van der Waals surface area contributed by atoms with Crippen molar-refractivity contribution < 1.29 is 9.21 Å². The van der Waals surface area contributed by atoms with Crippen LogP contribution in [-0.2, 0) is 4.79 Å². The Morgan fingerprint density at radius 2 is 1.97 bits per heavy atom. The Kier molecular flexibility index (Phi) is 5.03. The predicted octanol–water partition coefficient (Wildman–Crippen LogP) is 4.96. The number of aromatic amines is 2. The number of imidazole rings is 1. The van der Waals surface area contributed by atoms with Gasteiger partial charge in [0.05, 0.1) is 53.5 Å². The van der Waals surface area contributed by atoms with Crippen molar-refractivity contribution in [3.05, 3.63) is 61.7 Å². The molecule has 0 saturated carbocycles. The first-order valence-corrected chi connectivity index (χ1v) is 11.2. The van der Waals surface area contributed by atoms with Crippen molar-refractivity contribution in [1.29, 1.82) is 0 Å². The molecule has 3 N–H and O–H groups in total. The first kappa shape index (κ1) is 20.7. The molecule has 0 unspecified atom stereocenters. The van der Waals surface area contributed by atoms with Crippen LogP contribution in [0, 0.1) is 0 Å². The Morgan fingerprint density at radius 1 is 1.06 bits per heavy atom. The number of rotatable bonds is 6. The van der Waals surface area contributed by atoms with Gasteiger partial charge in [0.1, 0.15) is 11.2 Å². The molecule has 0 saturated heterocycles. The summed E-state index contributed by atoms with van der Waals surface area (Å²) < 4.78 is 5.23. The fraction of sp³-hybridized carbons (Fsp3) is 0.120. The molecule has 0 aliphatic carbocycles. The van der Waals surface area contributed by atoms with E-state index in [1.54, 1.807) is 43.5 Å². The molecule has 35 heavy (non-hydrogen) atoms. The lowest BCUT2D eigenvalue weighted by Crippen LogP contribution is -2.10. The van der Waals surface area contributed by atoms with Crippen LogP contribution in [0.5, 0.6) is 0 Å². The molecule has 10 heteroatoms. The number of nitrogens with one attached hydrogen (secondary N) is 3. The normalized spacial score (nSPS) is 11.3. The maximum atomic E-state index is 12.0. The average molecular weight is 464 g/mol. The van der Waals surface area contributed by atoms with E-state index in [1.807, 2.05) is 25.1 Å². The van der Waals surface area contributed by atoms with Crippen LogP contribution in [0.15, 0.2) is 66.1 Å². The van der Waals surface area contributed by atoms with Crippen LogP contribution in [0.4, 0.5) is 5.69 Å². The van der Waals surface area contributed by atoms with Gasteiger partial charge in [0.2, 0.25) is 5.91 Å². The van der Waals surface area contributed by atoms with E-state index in [0.29, 0.717) is 29.3 Å². The topological polar surface area (TPSA) is 138 Å². The molecule has 6 aromatic rings. The van der Waals surface area contributed by atoms with Crippen molar-refractivity contribution in [3.8, 4) is 33.9 Å². The van der Waals surface area contributed by atoms with E-state index >= 15 is 0 Å². The van der Waals surface area contributed by atoms with Gasteiger partial charge in [-0.05, 0) is 24.6 Å². The van der Waals surface area contributed by atoms with Crippen molar-refractivity contribution in [2.75, 3.05) is 5.32 Å². The third-order valence-electron chi connectivity index (χ3n) is 5.69. The SMILES string of the molecule is CCCC(=O)Nc1cncc(-c2cc3c(-c4nc5c(-c6ccoc6)cncc5[nH]4)n[nH]c3cn2)c1.